The van der Waals surface area contributed by atoms with Gasteiger partial charge in [0.15, 0.2) is 0 Å². The van der Waals surface area contributed by atoms with Crippen molar-refractivity contribution in [2.75, 3.05) is 22.1 Å². The number of anilines is 6. The number of benzene rings is 3. The molecule has 6 N–H and O–H groups in total. The fourth-order valence-electron chi connectivity index (χ4n) is 2.54. The summed E-state index contributed by atoms with van der Waals surface area (Å²) in [7, 11) is 0. The van der Waals surface area contributed by atoms with Gasteiger partial charge in [-0.25, -0.2) is 0 Å². The SMILES string of the molecule is Cc1ccc(Nc2ccc(Nc3ccc(C)cc3N)cc2)c(N)c1. The smallest absolute Gasteiger partial charge is 0.0618 e. The second-order valence-corrected chi connectivity index (χ2v) is 6.01. The van der Waals surface area contributed by atoms with Gasteiger partial charge in [0.25, 0.3) is 0 Å². The van der Waals surface area contributed by atoms with Crippen molar-refractivity contribution in [2.24, 2.45) is 0 Å². The van der Waals surface area contributed by atoms with Gasteiger partial charge in [-0.3, -0.25) is 0 Å². The van der Waals surface area contributed by atoms with Crippen LogP contribution in [0, 0.1) is 13.8 Å². The number of nitrogens with one attached hydrogen (secondary N) is 2. The molecule has 0 aliphatic rings. The van der Waals surface area contributed by atoms with Crippen LogP contribution in [0.25, 0.3) is 0 Å². The zero-order valence-electron chi connectivity index (χ0n) is 13.9. The van der Waals surface area contributed by atoms with E-state index in [2.05, 4.69) is 10.6 Å². The summed E-state index contributed by atoms with van der Waals surface area (Å²) in [6, 6.07) is 20.0. The number of aryl methyl sites for hydroxylation is 2. The summed E-state index contributed by atoms with van der Waals surface area (Å²) in [5.41, 5.74) is 19.6. The van der Waals surface area contributed by atoms with Crippen LogP contribution in [0.3, 0.4) is 0 Å². The molecule has 122 valence electrons. The maximum Gasteiger partial charge on any atom is 0.0618 e. The molecule has 0 atom stereocenters. The number of hydrogen-bond donors (Lipinski definition) is 4. The van der Waals surface area contributed by atoms with Crippen LogP contribution in [0.4, 0.5) is 34.1 Å². The van der Waals surface area contributed by atoms with Gasteiger partial charge in [-0.1, -0.05) is 12.1 Å². The van der Waals surface area contributed by atoms with E-state index in [1.54, 1.807) is 0 Å². The third kappa shape index (κ3) is 3.60. The van der Waals surface area contributed by atoms with E-state index < -0.39 is 0 Å². The second-order valence-electron chi connectivity index (χ2n) is 6.01. The Balaban J connectivity index is 1.73. The minimum Gasteiger partial charge on any atom is -0.397 e. The van der Waals surface area contributed by atoms with Crippen LogP contribution >= 0.6 is 0 Å². The van der Waals surface area contributed by atoms with Gasteiger partial charge >= 0.3 is 0 Å². The molecule has 0 fully saturated rings. The van der Waals surface area contributed by atoms with Crippen molar-refractivity contribution in [1.82, 2.24) is 0 Å². The molecule has 3 rings (SSSR count). The highest BCUT2D eigenvalue weighted by molar-refractivity contribution is 5.76. The zero-order valence-corrected chi connectivity index (χ0v) is 13.9. The van der Waals surface area contributed by atoms with Gasteiger partial charge in [0.2, 0.25) is 0 Å². The van der Waals surface area contributed by atoms with Crippen molar-refractivity contribution in [3.05, 3.63) is 71.8 Å². The topological polar surface area (TPSA) is 76.1 Å². The van der Waals surface area contributed by atoms with Crippen LogP contribution in [0.15, 0.2) is 60.7 Å². The average Bonchev–Trinajstić information content (AvgIpc) is 2.54. The van der Waals surface area contributed by atoms with Crippen LogP contribution in [0.5, 0.6) is 0 Å². The molecule has 4 nitrogen and oxygen atoms in total. The quantitative estimate of drug-likeness (QED) is 0.513. The highest BCUT2D eigenvalue weighted by atomic mass is 14.9. The fraction of sp³-hybridized carbons (Fsp3) is 0.100. The van der Waals surface area contributed by atoms with Gasteiger partial charge in [-0.05, 0) is 73.5 Å². The lowest BCUT2D eigenvalue weighted by Crippen LogP contribution is -1.98. The fourth-order valence-corrected chi connectivity index (χ4v) is 2.54. The van der Waals surface area contributed by atoms with E-state index in [-0.39, 0.29) is 0 Å². The summed E-state index contributed by atoms with van der Waals surface area (Å²) in [5, 5.41) is 6.66. The first kappa shape index (κ1) is 15.7. The van der Waals surface area contributed by atoms with Crippen LogP contribution < -0.4 is 22.1 Å². The summed E-state index contributed by atoms with van der Waals surface area (Å²) in [6.45, 7) is 4.05. The Kier molecular flexibility index (Phi) is 4.29. The van der Waals surface area contributed by atoms with Crippen molar-refractivity contribution in [2.45, 2.75) is 13.8 Å². The van der Waals surface area contributed by atoms with Gasteiger partial charge in [0, 0.05) is 11.4 Å². The minimum atomic E-state index is 0.740. The van der Waals surface area contributed by atoms with E-state index in [0.717, 1.165) is 45.3 Å². The van der Waals surface area contributed by atoms with Gasteiger partial charge in [0.05, 0.1) is 22.7 Å². The Bertz CT molecular complexity index is 782. The zero-order chi connectivity index (χ0) is 17.1. The predicted octanol–water partition coefficient (Wildman–Crippen LogP) is 4.96. The Morgan fingerprint density at radius 2 is 0.958 bits per heavy atom. The van der Waals surface area contributed by atoms with E-state index in [1.807, 2.05) is 74.5 Å². The molecule has 3 aromatic rings. The molecule has 0 heterocycles. The Morgan fingerprint density at radius 1 is 0.583 bits per heavy atom. The molecule has 0 aliphatic carbocycles. The molecule has 0 aromatic heterocycles. The Hall–Kier alpha value is -3.14. The summed E-state index contributed by atoms with van der Waals surface area (Å²) < 4.78 is 0. The van der Waals surface area contributed by atoms with E-state index in [4.69, 9.17) is 11.5 Å². The third-order valence-electron chi connectivity index (χ3n) is 3.86. The number of hydrogen-bond acceptors (Lipinski definition) is 4. The third-order valence-corrected chi connectivity index (χ3v) is 3.86. The van der Waals surface area contributed by atoms with Gasteiger partial charge in [0.1, 0.15) is 0 Å². The summed E-state index contributed by atoms with van der Waals surface area (Å²) >= 11 is 0. The molecule has 0 aliphatic heterocycles. The predicted molar refractivity (Wildman–Crippen MR) is 104 cm³/mol. The summed E-state index contributed by atoms with van der Waals surface area (Å²) in [5.74, 6) is 0. The standard InChI is InChI=1S/C20H22N4/c1-13-3-9-19(17(21)11-13)23-15-5-7-16(8-6-15)24-20-10-4-14(2)12-18(20)22/h3-12,23-24H,21-22H2,1-2H3. The molecule has 4 heteroatoms. The van der Waals surface area contributed by atoms with Crippen LogP contribution in [0.1, 0.15) is 11.1 Å². The van der Waals surface area contributed by atoms with Gasteiger partial charge in [-0.15, -0.1) is 0 Å². The van der Waals surface area contributed by atoms with Crippen molar-refractivity contribution in [3.8, 4) is 0 Å². The van der Waals surface area contributed by atoms with Crippen molar-refractivity contribution >= 4 is 34.1 Å². The van der Waals surface area contributed by atoms with Crippen molar-refractivity contribution < 1.29 is 0 Å². The second kappa shape index (κ2) is 6.54. The molecule has 0 radical (unpaired) electrons. The number of rotatable bonds is 4. The Morgan fingerprint density at radius 3 is 1.29 bits per heavy atom. The number of nitrogen functional groups attached to an aromatic ring is 2. The molecule has 3 aromatic carbocycles. The van der Waals surface area contributed by atoms with Crippen molar-refractivity contribution in [1.29, 1.82) is 0 Å². The largest absolute Gasteiger partial charge is 0.397 e. The molecule has 0 saturated carbocycles. The molecular formula is C20H22N4. The molecule has 0 spiro atoms. The normalized spacial score (nSPS) is 10.4. The van der Waals surface area contributed by atoms with Crippen LogP contribution in [0.2, 0.25) is 0 Å². The van der Waals surface area contributed by atoms with Gasteiger partial charge in [-0.2, -0.15) is 0 Å². The molecule has 0 amide bonds. The molecular weight excluding hydrogens is 296 g/mol. The maximum absolute atomic E-state index is 6.04. The van der Waals surface area contributed by atoms with E-state index in [0.29, 0.717) is 0 Å². The van der Waals surface area contributed by atoms with Crippen LogP contribution in [-0.2, 0) is 0 Å². The monoisotopic (exact) mass is 318 g/mol. The maximum atomic E-state index is 6.04. The van der Waals surface area contributed by atoms with E-state index in [9.17, 15) is 0 Å². The lowest BCUT2D eigenvalue weighted by atomic mass is 10.1. The Labute approximate surface area is 142 Å². The first-order valence-corrected chi connectivity index (χ1v) is 7.87. The molecule has 0 unspecified atom stereocenters. The van der Waals surface area contributed by atoms with E-state index >= 15 is 0 Å². The summed E-state index contributed by atoms with van der Waals surface area (Å²) in [6.07, 6.45) is 0. The summed E-state index contributed by atoms with van der Waals surface area (Å²) in [4.78, 5) is 0. The lowest BCUT2D eigenvalue weighted by Gasteiger charge is -2.12. The van der Waals surface area contributed by atoms with E-state index in [1.165, 1.54) is 0 Å². The minimum absolute atomic E-state index is 0.740. The van der Waals surface area contributed by atoms with Crippen LogP contribution in [-0.4, -0.2) is 0 Å². The lowest BCUT2D eigenvalue weighted by molar-refractivity contribution is 1.44. The van der Waals surface area contributed by atoms with Gasteiger partial charge < -0.3 is 22.1 Å². The first-order chi connectivity index (χ1) is 11.5. The average molecular weight is 318 g/mol. The molecule has 0 bridgehead atoms. The highest BCUT2D eigenvalue weighted by Gasteiger charge is 2.02. The molecule has 24 heavy (non-hydrogen) atoms. The molecule has 0 saturated heterocycles. The number of nitrogens with two attached hydrogens (primary N) is 2. The highest BCUT2D eigenvalue weighted by Crippen LogP contribution is 2.27. The first-order valence-electron chi connectivity index (χ1n) is 7.87. The van der Waals surface area contributed by atoms with Crippen molar-refractivity contribution in [3.63, 3.8) is 0 Å².